The fraction of sp³-hybridized carbons (Fsp3) is 0.452. The quantitative estimate of drug-likeness (QED) is 0.140. The maximum absolute atomic E-state index is 12.9. The van der Waals surface area contributed by atoms with Gasteiger partial charge in [0.2, 0.25) is 0 Å². The zero-order valence-electron chi connectivity index (χ0n) is 24.4. The van der Waals surface area contributed by atoms with Gasteiger partial charge in [0.1, 0.15) is 17.2 Å². The third-order valence-electron chi connectivity index (χ3n) is 5.58. The van der Waals surface area contributed by atoms with E-state index in [-0.39, 0.29) is 11.5 Å². The van der Waals surface area contributed by atoms with Gasteiger partial charge in [-0.1, -0.05) is 19.4 Å². The fourth-order valence-electron chi connectivity index (χ4n) is 3.33. The van der Waals surface area contributed by atoms with Crippen molar-refractivity contribution in [2.75, 3.05) is 14.2 Å². The zero-order valence-corrected chi connectivity index (χ0v) is 24.4. The fourth-order valence-corrected chi connectivity index (χ4v) is 3.33. The number of ether oxygens (including phenoxy) is 5. The van der Waals surface area contributed by atoms with Crippen molar-refractivity contribution in [3.63, 3.8) is 0 Å². The van der Waals surface area contributed by atoms with Crippen molar-refractivity contribution < 1.29 is 38.1 Å². The van der Waals surface area contributed by atoms with E-state index in [0.717, 1.165) is 18.4 Å². The number of hydrogen-bond donors (Lipinski definition) is 0. The number of methoxy groups -OCH3 is 2. The average molecular weight is 541 g/mol. The summed E-state index contributed by atoms with van der Waals surface area (Å²) < 4.78 is 27.4. The molecule has 0 heterocycles. The molecular formula is C31H40O8. The molecule has 0 fully saturated rings. The molecule has 0 N–H and O–H groups in total. The molecule has 0 spiro atoms. The van der Waals surface area contributed by atoms with Gasteiger partial charge in [-0.3, -0.25) is 14.4 Å². The highest BCUT2D eigenvalue weighted by molar-refractivity contribution is 6.07. The van der Waals surface area contributed by atoms with Gasteiger partial charge in [0.25, 0.3) is 0 Å². The molecule has 0 saturated heterocycles. The van der Waals surface area contributed by atoms with Crippen LogP contribution in [0, 0.1) is 10.8 Å². The Morgan fingerprint density at radius 2 is 1.38 bits per heavy atom. The van der Waals surface area contributed by atoms with Gasteiger partial charge in [0.15, 0.2) is 5.78 Å². The molecule has 0 aromatic heterocycles. The smallest absolute Gasteiger partial charge is 0.410 e. The number of benzene rings is 2. The second-order valence-corrected chi connectivity index (χ2v) is 11.1. The highest BCUT2D eigenvalue weighted by Crippen LogP contribution is 2.34. The minimum Gasteiger partial charge on any atom is -0.496 e. The zero-order chi connectivity index (χ0) is 29.4. The Morgan fingerprint density at radius 1 is 0.821 bits per heavy atom. The SMILES string of the molecule is CCCc1ccc(OC)c(C=CC(=O)c2ccc(OC(OC(=O)C(C)(C)C)OC(=O)C(C)(C)C)cc2)c1OC. The Bertz CT molecular complexity index is 1150. The summed E-state index contributed by atoms with van der Waals surface area (Å²) in [6.45, 7) is 10.6. The monoisotopic (exact) mass is 540 g/mol. The summed E-state index contributed by atoms with van der Waals surface area (Å²) in [7, 11) is 3.16. The minimum absolute atomic E-state index is 0.249. The highest BCUT2D eigenvalue weighted by atomic mass is 16.9. The van der Waals surface area contributed by atoms with E-state index in [2.05, 4.69) is 6.92 Å². The summed E-state index contributed by atoms with van der Waals surface area (Å²) in [4.78, 5) is 37.8. The van der Waals surface area contributed by atoms with Crippen LogP contribution in [0.3, 0.4) is 0 Å². The third kappa shape index (κ3) is 8.87. The number of hydrogen-bond acceptors (Lipinski definition) is 8. The van der Waals surface area contributed by atoms with Crippen LogP contribution in [-0.2, 0) is 25.5 Å². The van der Waals surface area contributed by atoms with Crippen LogP contribution in [0.15, 0.2) is 42.5 Å². The lowest BCUT2D eigenvalue weighted by Gasteiger charge is -2.25. The average Bonchev–Trinajstić information content (AvgIpc) is 2.86. The highest BCUT2D eigenvalue weighted by Gasteiger charge is 2.32. The topological polar surface area (TPSA) is 97.4 Å². The molecule has 8 heteroatoms. The second-order valence-electron chi connectivity index (χ2n) is 11.1. The van der Waals surface area contributed by atoms with Crippen LogP contribution in [-0.4, -0.2) is 38.4 Å². The Morgan fingerprint density at radius 3 is 1.85 bits per heavy atom. The van der Waals surface area contributed by atoms with E-state index in [1.165, 1.54) is 18.2 Å². The molecule has 2 aromatic carbocycles. The van der Waals surface area contributed by atoms with Crippen LogP contribution < -0.4 is 14.2 Å². The van der Waals surface area contributed by atoms with E-state index < -0.39 is 29.2 Å². The molecule has 0 bridgehead atoms. The van der Waals surface area contributed by atoms with E-state index in [0.29, 0.717) is 22.6 Å². The summed E-state index contributed by atoms with van der Waals surface area (Å²) >= 11 is 0. The molecule has 8 nitrogen and oxygen atoms in total. The van der Waals surface area contributed by atoms with Crippen molar-refractivity contribution in [1.82, 2.24) is 0 Å². The van der Waals surface area contributed by atoms with E-state index in [9.17, 15) is 14.4 Å². The number of aryl methyl sites for hydroxylation is 1. The lowest BCUT2D eigenvalue weighted by molar-refractivity contribution is -0.244. The number of rotatable bonds is 11. The van der Waals surface area contributed by atoms with Gasteiger partial charge in [-0.25, -0.2) is 0 Å². The molecule has 0 aliphatic heterocycles. The van der Waals surface area contributed by atoms with Gasteiger partial charge in [-0.05, 0) is 96.0 Å². The molecule has 0 amide bonds. The second kappa shape index (κ2) is 13.3. The van der Waals surface area contributed by atoms with E-state index in [1.807, 2.05) is 12.1 Å². The van der Waals surface area contributed by atoms with Crippen molar-refractivity contribution in [3.8, 4) is 17.2 Å². The number of ketones is 1. The first-order valence-electron chi connectivity index (χ1n) is 12.9. The van der Waals surface area contributed by atoms with Crippen molar-refractivity contribution in [3.05, 3.63) is 59.2 Å². The van der Waals surface area contributed by atoms with E-state index >= 15 is 0 Å². The third-order valence-corrected chi connectivity index (χ3v) is 5.58. The first-order valence-corrected chi connectivity index (χ1v) is 12.9. The number of esters is 2. The normalized spacial score (nSPS) is 11.8. The Hall–Kier alpha value is -3.81. The van der Waals surface area contributed by atoms with Crippen molar-refractivity contribution in [1.29, 1.82) is 0 Å². The van der Waals surface area contributed by atoms with Crippen molar-refractivity contribution in [2.24, 2.45) is 10.8 Å². The molecule has 2 rings (SSSR count). The summed E-state index contributed by atoms with van der Waals surface area (Å²) in [6, 6.07) is 10.0. The molecule has 2 aromatic rings. The van der Waals surface area contributed by atoms with Gasteiger partial charge in [-0.2, -0.15) is 0 Å². The number of allylic oxidation sites excluding steroid dienone is 1. The predicted octanol–water partition coefficient (Wildman–Crippen LogP) is 6.39. The van der Waals surface area contributed by atoms with Crippen LogP contribution >= 0.6 is 0 Å². The first kappa shape index (κ1) is 31.4. The minimum atomic E-state index is -1.58. The van der Waals surface area contributed by atoms with Gasteiger partial charge < -0.3 is 23.7 Å². The van der Waals surface area contributed by atoms with E-state index in [4.69, 9.17) is 23.7 Å². The van der Waals surface area contributed by atoms with Gasteiger partial charge in [0, 0.05) is 5.56 Å². The Labute approximate surface area is 231 Å². The Balaban J connectivity index is 2.24. The molecule has 0 saturated carbocycles. The summed E-state index contributed by atoms with van der Waals surface area (Å²) in [6.07, 6.45) is 4.91. The molecule has 0 unspecified atom stereocenters. The predicted molar refractivity (Wildman–Crippen MR) is 149 cm³/mol. The van der Waals surface area contributed by atoms with Crippen LogP contribution in [0.4, 0.5) is 0 Å². The van der Waals surface area contributed by atoms with Crippen molar-refractivity contribution >= 4 is 23.8 Å². The molecule has 0 aliphatic rings. The standard InChI is InChI=1S/C31H40O8/c1-10-11-21-14-19-25(35-8)23(26(21)36-9)17-18-24(32)20-12-15-22(16-13-20)37-29(38-27(33)30(2,3)4)39-28(34)31(5,6)7/h12-19,29H,10-11H2,1-9H3. The molecule has 0 atom stereocenters. The van der Waals surface area contributed by atoms with Crippen LogP contribution in [0.5, 0.6) is 17.2 Å². The summed E-state index contributed by atoms with van der Waals surface area (Å²) in [5, 5.41) is 0. The summed E-state index contributed by atoms with van der Waals surface area (Å²) in [5.74, 6) is 0.0748. The van der Waals surface area contributed by atoms with Crippen LogP contribution in [0.1, 0.15) is 76.4 Å². The Kier molecular flexibility index (Phi) is 10.7. The van der Waals surface area contributed by atoms with Gasteiger partial charge >= 0.3 is 18.4 Å². The van der Waals surface area contributed by atoms with Crippen LogP contribution in [0.25, 0.3) is 6.08 Å². The first-order chi connectivity index (χ1) is 18.2. The lowest BCUT2D eigenvalue weighted by atomic mass is 9.97. The van der Waals surface area contributed by atoms with Gasteiger partial charge in [0.05, 0.1) is 30.6 Å². The molecule has 0 radical (unpaired) electrons. The van der Waals surface area contributed by atoms with E-state index in [1.54, 1.807) is 74.0 Å². The van der Waals surface area contributed by atoms with Crippen LogP contribution in [0.2, 0.25) is 0 Å². The maximum atomic E-state index is 12.9. The van der Waals surface area contributed by atoms with Crippen molar-refractivity contribution in [2.45, 2.75) is 67.8 Å². The number of carbonyl (C=O) groups excluding carboxylic acids is 3. The lowest BCUT2D eigenvalue weighted by Crippen LogP contribution is -2.37. The summed E-state index contributed by atoms with van der Waals surface area (Å²) in [5.41, 5.74) is 0.447. The maximum Gasteiger partial charge on any atom is 0.410 e. The molecular weight excluding hydrogens is 500 g/mol. The van der Waals surface area contributed by atoms with Gasteiger partial charge in [-0.15, -0.1) is 0 Å². The largest absolute Gasteiger partial charge is 0.496 e. The number of carbonyl (C=O) groups is 3. The molecule has 0 aliphatic carbocycles. The molecule has 39 heavy (non-hydrogen) atoms. The molecule has 212 valence electrons.